The highest BCUT2D eigenvalue weighted by Crippen LogP contribution is 2.24. The van der Waals surface area contributed by atoms with E-state index in [1.807, 2.05) is 29.6 Å². The topological polar surface area (TPSA) is 68.3 Å². The van der Waals surface area contributed by atoms with Crippen molar-refractivity contribution in [2.24, 2.45) is 0 Å². The quantitative estimate of drug-likeness (QED) is 0.738. The first-order valence-electron chi connectivity index (χ1n) is 8.37. The molecule has 0 aromatic carbocycles. The molecule has 24 heavy (non-hydrogen) atoms. The summed E-state index contributed by atoms with van der Waals surface area (Å²) in [5.74, 6) is 1.60. The Balaban J connectivity index is 1.56. The Morgan fingerprint density at radius 1 is 1.29 bits per heavy atom. The lowest BCUT2D eigenvalue weighted by atomic mass is 10.0. The summed E-state index contributed by atoms with van der Waals surface area (Å²) in [6.07, 6.45) is 12.1. The Bertz CT molecular complexity index is 834. The van der Waals surface area contributed by atoms with E-state index in [9.17, 15) is 4.79 Å². The van der Waals surface area contributed by atoms with Gasteiger partial charge >= 0.3 is 0 Å². The van der Waals surface area contributed by atoms with E-state index in [0.717, 1.165) is 31.6 Å². The number of aromatic nitrogens is 5. The van der Waals surface area contributed by atoms with E-state index in [2.05, 4.69) is 26.4 Å². The molecular weight excluding hydrogens is 304 g/mol. The van der Waals surface area contributed by atoms with Crippen LogP contribution >= 0.6 is 0 Å². The van der Waals surface area contributed by atoms with Crippen molar-refractivity contribution >= 4 is 11.7 Å². The molecule has 0 aliphatic carbocycles. The summed E-state index contributed by atoms with van der Waals surface area (Å²) < 4.78 is 3.99. The molecule has 1 aliphatic rings. The van der Waals surface area contributed by atoms with Gasteiger partial charge in [0.05, 0.1) is 6.04 Å². The van der Waals surface area contributed by atoms with E-state index in [4.69, 9.17) is 0 Å². The van der Waals surface area contributed by atoms with Crippen LogP contribution < -0.4 is 0 Å². The van der Waals surface area contributed by atoms with Gasteiger partial charge in [0.2, 0.25) is 5.78 Å². The molecule has 1 saturated heterocycles. The highest BCUT2D eigenvalue weighted by molar-refractivity contribution is 5.92. The molecule has 3 aromatic rings. The van der Waals surface area contributed by atoms with Gasteiger partial charge in [-0.2, -0.15) is 0 Å². The van der Waals surface area contributed by atoms with E-state index in [1.54, 1.807) is 16.8 Å². The number of rotatable bonds is 3. The Hall–Kier alpha value is -2.70. The van der Waals surface area contributed by atoms with Gasteiger partial charge in [-0.25, -0.2) is 15.0 Å². The summed E-state index contributed by atoms with van der Waals surface area (Å²) in [4.78, 5) is 27.7. The smallest absolute Gasteiger partial charge is 0.274 e. The second kappa shape index (κ2) is 6.07. The summed E-state index contributed by atoms with van der Waals surface area (Å²) in [5.41, 5.74) is 0.454. The molecule has 0 unspecified atom stereocenters. The molecule has 4 heterocycles. The van der Waals surface area contributed by atoms with Gasteiger partial charge in [0.15, 0.2) is 0 Å². The minimum atomic E-state index is -0.0247. The van der Waals surface area contributed by atoms with Gasteiger partial charge in [0.25, 0.3) is 5.91 Å². The lowest BCUT2D eigenvalue weighted by Crippen LogP contribution is -2.41. The first kappa shape index (κ1) is 14.9. The van der Waals surface area contributed by atoms with Crippen molar-refractivity contribution in [3.63, 3.8) is 0 Å². The van der Waals surface area contributed by atoms with Gasteiger partial charge in [-0.05, 0) is 18.9 Å². The first-order valence-corrected chi connectivity index (χ1v) is 8.37. The molecule has 0 radical (unpaired) electrons. The van der Waals surface area contributed by atoms with E-state index in [-0.39, 0.29) is 11.9 Å². The zero-order chi connectivity index (χ0) is 16.5. The molecule has 0 spiro atoms. The van der Waals surface area contributed by atoms with Crippen LogP contribution in [0.4, 0.5) is 0 Å². The Morgan fingerprint density at radius 3 is 3.04 bits per heavy atom. The number of imidazole rings is 2. The molecule has 7 heteroatoms. The standard InChI is InChI=1S/C17H20N6O/c1-2-15-18-7-10-23(15)13-5-3-8-21(11-13)16(24)14-12-22-9-4-6-19-17(22)20-14/h4,6-7,9-10,12-13H,2-3,5,8,11H2,1H3/t13-/m0/s1. The summed E-state index contributed by atoms with van der Waals surface area (Å²) in [6.45, 7) is 3.57. The van der Waals surface area contributed by atoms with Crippen LogP contribution in [-0.4, -0.2) is 47.8 Å². The molecule has 0 bridgehead atoms. The molecule has 0 saturated carbocycles. The minimum absolute atomic E-state index is 0.0247. The van der Waals surface area contributed by atoms with E-state index in [1.165, 1.54) is 0 Å². The molecule has 0 N–H and O–H groups in total. The molecule has 1 fully saturated rings. The van der Waals surface area contributed by atoms with E-state index >= 15 is 0 Å². The van der Waals surface area contributed by atoms with Crippen molar-refractivity contribution in [1.82, 2.24) is 28.8 Å². The lowest BCUT2D eigenvalue weighted by Gasteiger charge is -2.33. The Morgan fingerprint density at radius 2 is 2.21 bits per heavy atom. The summed E-state index contributed by atoms with van der Waals surface area (Å²) in [5, 5.41) is 0. The molecule has 1 aliphatic heterocycles. The molecular formula is C17H20N6O. The lowest BCUT2D eigenvalue weighted by molar-refractivity contribution is 0.0672. The van der Waals surface area contributed by atoms with Crippen LogP contribution in [0, 0.1) is 0 Å². The zero-order valence-corrected chi connectivity index (χ0v) is 13.7. The minimum Gasteiger partial charge on any atom is -0.335 e. The maximum absolute atomic E-state index is 12.8. The Labute approximate surface area is 140 Å². The van der Waals surface area contributed by atoms with E-state index < -0.39 is 0 Å². The highest BCUT2D eigenvalue weighted by Gasteiger charge is 2.27. The molecule has 124 valence electrons. The number of fused-ring (bicyclic) bond motifs is 1. The molecule has 3 aromatic heterocycles. The van der Waals surface area contributed by atoms with Gasteiger partial charge in [0, 0.05) is 50.5 Å². The van der Waals surface area contributed by atoms with Gasteiger partial charge in [-0.1, -0.05) is 6.92 Å². The third-order valence-corrected chi connectivity index (χ3v) is 4.60. The average molecular weight is 324 g/mol. The zero-order valence-electron chi connectivity index (χ0n) is 13.7. The fraction of sp³-hybridized carbons (Fsp3) is 0.412. The second-order valence-electron chi connectivity index (χ2n) is 6.10. The van der Waals surface area contributed by atoms with Crippen LogP contribution in [-0.2, 0) is 6.42 Å². The van der Waals surface area contributed by atoms with Crippen LogP contribution in [0.15, 0.2) is 37.1 Å². The van der Waals surface area contributed by atoms with Crippen LogP contribution in [0.5, 0.6) is 0 Å². The van der Waals surface area contributed by atoms with Crippen molar-refractivity contribution in [3.8, 4) is 0 Å². The second-order valence-corrected chi connectivity index (χ2v) is 6.10. The average Bonchev–Trinajstić information content (AvgIpc) is 3.27. The monoisotopic (exact) mass is 324 g/mol. The van der Waals surface area contributed by atoms with Crippen molar-refractivity contribution in [3.05, 3.63) is 48.6 Å². The third-order valence-electron chi connectivity index (χ3n) is 4.60. The van der Waals surface area contributed by atoms with Crippen LogP contribution in [0.1, 0.15) is 42.1 Å². The maximum Gasteiger partial charge on any atom is 0.274 e. The number of amides is 1. The SMILES string of the molecule is CCc1nccn1[C@H]1CCCN(C(=O)c2cn3cccnc3n2)C1. The van der Waals surface area contributed by atoms with Crippen LogP contribution in [0.3, 0.4) is 0 Å². The van der Waals surface area contributed by atoms with Gasteiger partial charge < -0.3 is 9.47 Å². The normalized spacial score (nSPS) is 18.2. The van der Waals surface area contributed by atoms with Gasteiger partial charge in [0.1, 0.15) is 11.5 Å². The predicted molar refractivity (Wildman–Crippen MR) is 88.8 cm³/mol. The van der Waals surface area contributed by atoms with Crippen LogP contribution in [0.2, 0.25) is 0 Å². The fourth-order valence-corrected chi connectivity index (χ4v) is 3.41. The van der Waals surface area contributed by atoms with E-state index in [0.29, 0.717) is 18.0 Å². The van der Waals surface area contributed by atoms with Crippen molar-refractivity contribution in [2.75, 3.05) is 13.1 Å². The number of likely N-dealkylation sites (tertiary alicyclic amines) is 1. The molecule has 7 nitrogen and oxygen atoms in total. The number of carbonyl (C=O) groups is 1. The number of aryl methyl sites for hydroxylation is 1. The number of hydrogen-bond donors (Lipinski definition) is 0. The van der Waals surface area contributed by atoms with Gasteiger partial charge in [-0.15, -0.1) is 0 Å². The molecule has 1 amide bonds. The summed E-state index contributed by atoms with van der Waals surface area (Å²) in [7, 11) is 0. The van der Waals surface area contributed by atoms with Crippen molar-refractivity contribution in [1.29, 1.82) is 0 Å². The van der Waals surface area contributed by atoms with Gasteiger partial charge in [-0.3, -0.25) is 9.20 Å². The molecule has 1 atom stereocenters. The number of carbonyl (C=O) groups excluding carboxylic acids is 1. The van der Waals surface area contributed by atoms with Crippen LogP contribution in [0.25, 0.3) is 5.78 Å². The number of hydrogen-bond acceptors (Lipinski definition) is 4. The summed E-state index contributed by atoms with van der Waals surface area (Å²) in [6, 6.07) is 2.11. The predicted octanol–water partition coefficient (Wildman–Crippen LogP) is 1.97. The maximum atomic E-state index is 12.8. The molecule has 4 rings (SSSR count). The summed E-state index contributed by atoms with van der Waals surface area (Å²) >= 11 is 0. The van der Waals surface area contributed by atoms with Crippen molar-refractivity contribution < 1.29 is 4.79 Å². The number of piperidine rings is 1. The van der Waals surface area contributed by atoms with Crippen molar-refractivity contribution in [2.45, 2.75) is 32.2 Å². The Kier molecular flexibility index (Phi) is 3.76. The first-order chi connectivity index (χ1) is 11.8. The highest BCUT2D eigenvalue weighted by atomic mass is 16.2. The third kappa shape index (κ3) is 2.55. The largest absolute Gasteiger partial charge is 0.335 e. The fourth-order valence-electron chi connectivity index (χ4n) is 3.41. The number of nitrogens with zero attached hydrogens (tertiary/aromatic N) is 6.